The van der Waals surface area contributed by atoms with Gasteiger partial charge < -0.3 is 5.32 Å². The Balaban J connectivity index is 2.09. The summed E-state index contributed by atoms with van der Waals surface area (Å²) < 4.78 is 26.8. The van der Waals surface area contributed by atoms with Gasteiger partial charge in [-0.15, -0.1) is 0 Å². The zero-order chi connectivity index (χ0) is 14.7. The van der Waals surface area contributed by atoms with Crippen molar-refractivity contribution < 1.29 is 8.78 Å². The average Bonchev–Trinajstić information content (AvgIpc) is 2.39. The van der Waals surface area contributed by atoms with Gasteiger partial charge in [0, 0.05) is 12.1 Å². The van der Waals surface area contributed by atoms with Gasteiger partial charge in [-0.1, -0.05) is 13.8 Å². The fraction of sp³-hybridized carbons (Fsp3) is 0.647. The van der Waals surface area contributed by atoms with Crippen molar-refractivity contribution in [1.29, 1.82) is 0 Å². The van der Waals surface area contributed by atoms with Crippen LogP contribution < -0.4 is 5.32 Å². The van der Waals surface area contributed by atoms with E-state index in [-0.39, 0.29) is 6.04 Å². The molecule has 3 heteroatoms. The Hall–Kier alpha value is -0.960. The zero-order valence-electron chi connectivity index (χ0n) is 12.6. The van der Waals surface area contributed by atoms with Crippen LogP contribution in [0.25, 0.3) is 0 Å². The van der Waals surface area contributed by atoms with Gasteiger partial charge >= 0.3 is 0 Å². The van der Waals surface area contributed by atoms with Gasteiger partial charge in [-0.3, -0.25) is 0 Å². The van der Waals surface area contributed by atoms with E-state index in [0.717, 1.165) is 36.3 Å². The van der Waals surface area contributed by atoms with Crippen LogP contribution in [0.5, 0.6) is 0 Å². The SMILES string of the molecule is CNC(c1cc(F)cc(F)c1)C1CCC(C(C)C)CC1. The summed E-state index contributed by atoms with van der Waals surface area (Å²) in [6.45, 7) is 4.56. The quantitative estimate of drug-likeness (QED) is 0.844. The first-order valence-electron chi connectivity index (χ1n) is 7.64. The van der Waals surface area contributed by atoms with Crippen LogP contribution in [0.3, 0.4) is 0 Å². The lowest BCUT2D eigenvalue weighted by Crippen LogP contribution is -2.30. The summed E-state index contributed by atoms with van der Waals surface area (Å²) in [7, 11) is 1.88. The van der Waals surface area contributed by atoms with Crippen molar-refractivity contribution in [2.45, 2.75) is 45.6 Å². The molecule has 0 aliphatic heterocycles. The van der Waals surface area contributed by atoms with Gasteiger partial charge in [0.05, 0.1) is 0 Å². The fourth-order valence-corrected chi connectivity index (χ4v) is 3.57. The molecule has 0 radical (unpaired) electrons. The monoisotopic (exact) mass is 281 g/mol. The first-order valence-corrected chi connectivity index (χ1v) is 7.64. The molecule has 0 bridgehead atoms. The molecule has 1 aliphatic rings. The number of halogens is 2. The Bertz CT molecular complexity index is 416. The van der Waals surface area contributed by atoms with E-state index >= 15 is 0 Å². The molecule has 0 saturated heterocycles. The minimum Gasteiger partial charge on any atom is -0.313 e. The van der Waals surface area contributed by atoms with Gasteiger partial charge in [-0.2, -0.15) is 0 Å². The predicted molar refractivity (Wildman–Crippen MR) is 78.4 cm³/mol. The maximum absolute atomic E-state index is 13.4. The second kappa shape index (κ2) is 6.66. The Morgan fingerprint density at radius 3 is 1.90 bits per heavy atom. The van der Waals surface area contributed by atoms with Crippen molar-refractivity contribution in [2.75, 3.05) is 7.05 Å². The molecule has 1 nitrogen and oxygen atoms in total. The van der Waals surface area contributed by atoms with E-state index in [1.807, 2.05) is 7.05 Å². The molecule has 2 rings (SSSR count). The molecule has 1 saturated carbocycles. The highest BCUT2D eigenvalue weighted by molar-refractivity contribution is 5.22. The Kier molecular flexibility index (Phi) is 5.14. The van der Waals surface area contributed by atoms with Crippen LogP contribution >= 0.6 is 0 Å². The molecular weight excluding hydrogens is 256 g/mol. The second-order valence-corrected chi connectivity index (χ2v) is 6.39. The van der Waals surface area contributed by atoms with Gasteiger partial charge in [-0.25, -0.2) is 8.78 Å². The van der Waals surface area contributed by atoms with E-state index in [2.05, 4.69) is 19.2 Å². The van der Waals surface area contributed by atoms with E-state index in [1.54, 1.807) is 0 Å². The lowest BCUT2D eigenvalue weighted by molar-refractivity contribution is 0.192. The van der Waals surface area contributed by atoms with Gasteiger partial charge in [0.15, 0.2) is 0 Å². The maximum atomic E-state index is 13.4. The van der Waals surface area contributed by atoms with Crippen LogP contribution in [0.15, 0.2) is 18.2 Å². The molecular formula is C17H25F2N. The number of nitrogens with one attached hydrogen (secondary N) is 1. The number of rotatable bonds is 4. The highest BCUT2D eigenvalue weighted by Gasteiger charge is 2.29. The summed E-state index contributed by atoms with van der Waals surface area (Å²) in [5.41, 5.74) is 0.734. The van der Waals surface area contributed by atoms with Crippen LogP contribution in [-0.2, 0) is 0 Å². The number of benzene rings is 1. The summed E-state index contributed by atoms with van der Waals surface area (Å²) in [5.74, 6) is 1.02. The smallest absolute Gasteiger partial charge is 0.126 e. The Morgan fingerprint density at radius 1 is 0.950 bits per heavy atom. The summed E-state index contributed by atoms with van der Waals surface area (Å²) in [5, 5.41) is 3.25. The molecule has 112 valence electrons. The maximum Gasteiger partial charge on any atom is 0.126 e. The molecule has 1 unspecified atom stereocenters. The van der Waals surface area contributed by atoms with Crippen LogP contribution in [0.1, 0.15) is 51.1 Å². The standard InChI is InChI=1S/C17H25F2N/c1-11(2)12-4-6-13(7-5-12)17(20-3)14-8-15(18)10-16(19)9-14/h8-13,17,20H,4-7H2,1-3H3. The third-order valence-corrected chi connectivity index (χ3v) is 4.79. The van der Waals surface area contributed by atoms with Crippen LogP contribution in [-0.4, -0.2) is 7.05 Å². The van der Waals surface area contributed by atoms with E-state index in [9.17, 15) is 8.78 Å². The minimum absolute atomic E-state index is 0.0494. The highest BCUT2D eigenvalue weighted by atomic mass is 19.1. The van der Waals surface area contributed by atoms with Crippen LogP contribution in [0.4, 0.5) is 8.78 Å². The van der Waals surface area contributed by atoms with E-state index in [1.165, 1.54) is 25.0 Å². The second-order valence-electron chi connectivity index (χ2n) is 6.39. The Labute approximate surface area is 120 Å². The van der Waals surface area contributed by atoms with Gasteiger partial charge in [-0.05, 0) is 68.2 Å². The summed E-state index contributed by atoms with van der Waals surface area (Å²) >= 11 is 0. The molecule has 1 aromatic carbocycles. The fourth-order valence-electron chi connectivity index (χ4n) is 3.57. The average molecular weight is 281 g/mol. The third kappa shape index (κ3) is 3.57. The molecule has 1 N–H and O–H groups in total. The van der Waals surface area contributed by atoms with Crippen molar-refractivity contribution in [3.63, 3.8) is 0 Å². The van der Waals surface area contributed by atoms with Gasteiger partial charge in [0.1, 0.15) is 11.6 Å². The van der Waals surface area contributed by atoms with E-state index in [4.69, 9.17) is 0 Å². The van der Waals surface area contributed by atoms with Crippen molar-refractivity contribution in [1.82, 2.24) is 5.32 Å². The normalized spacial score (nSPS) is 24.9. The highest BCUT2D eigenvalue weighted by Crippen LogP contribution is 2.39. The zero-order valence-corrected chi connectivity index (χ0v) is 12.6. The van der Waals surface area contributed by atoms with Crippen LogP contribution in [0, 0.1) is 29.4 Å². The molecule has 0 spiro atoms. The predicted octanol–water partition coefficient (Wildman–Crippen LogP) is 4.69. The first kappa shape index (κ1) is 15.4. The topological polar surface area (TPSA) is 12.0 Å². The van der Waals surface area contributed by atoms with Gasteiger partial charge in [0.25, 0.3) is 0 Å². The minimum atomic E-state index is -0.490. The largest absolute Gasteiger partial charge is 0.313 e. The van der Waals surface area contributed by atoms with Crippen LogP contribution in [0.2, 0.25) is 0 Å². The van der Waals surface area contributed by atoms with Crippen molar-refractivity contribution >= 4 is 0 Å². The van der Waals surface area contributed by atoms with E-state index < -0.39 is 11.6 Å². The van der Waals surface area contributed by atoms with Crippen molar-refractivity contribution in [3.05, 3.63) is 35.4 Å². The molecule has 1 fully saturated rings. The molecule has 1 aromatic rings. The lowest BCUT2D eigenvalue weighted by atomic mass is 9.73. The molecule has 0 heterocycles. The summed E-state index contributed by atoms with van der Waals surface area (Å²) in [6, 6.07) is 3.90. The van der Waals surface area contributed by atoms with Crippen molar-refractivity contribution in [2.24, 2.45) is 17.8 Å². The molecule has 20 heavy (non-hydrogen) atoms. The van der Waals surface area contributed by atoms with E-state index in [0.29, 0.717) is 5.92 Å². The third-order valence-electron chi connectivity index (χ3n) is 4.79. The summed E-state index contributed by atoms with van der Waals surface area (Å²) in [6.07, 6.45) is 4.70. The first-order chi connectivity index (χ1) is 9.51. The molecule has 0 amide bonds. The lowest BCUT2D eigenvalue weighted by Gasteiger charge is -2.35. The van der Waals surface area contributed by atoms with Gasteiger partial charge in [0.2, 0.25) is 0 Å². The number of hydrogen-bond donors (Lipinski definition) is 1. The number of hydrogen-bond acceptors (Lipinski definition) is 1. The molecule has 0 aromatic heterocycles. The molecule has 1 aliphatic carbocycles. The Morgan fingerprint density at radius 2 is 1.45 bits per heavy atom. The molecule has 1 atom stereocenters. The summed E-state index contributed by atoms with van der Waals surface area (Å²) in [4.78, 5) is 0. The van der Waals surface area contributed by atoms with Crippen molar-refractivity contribution in [3.8, 4) is 0 Å².